The average molecular weight is 485 g/mol. The fourth-order valence-electron chi connectivity index (χ4n) is 4.45. The minimum atomic E-state index is -1.21. The maximum absolute atomic E-state index is 14.0. The van der Waals surface area contributed by atoms with Crippen molar-refractivity contribution in [2.24, 2.45) is 0 Å². The van der Waals surface area contributed by atoms with Crippen LogP contribution < -0.4 is 4.90 Å². The van der Waals surface area contributed by atoms with Gasteiger partial charge in [-0.2, -0.15) is 0 Å². The van der Waals surface area contributed by atoms with E-state index in [1.165, 1.54) is 17.8 Å². The van der Waals surface area contributed by atoms with E-state index in [9.17, 15) is 18.4 Å². The van der Waals surface area contributed by atoms with E-state index >= 15 is 0 Å². The molecule has 2 amide bonds. The molecule has 33 heavy (non-hydrogen) atoms. The Morgan fingerprint density at radius 1 is 1.06 bits per heavy atom. The molecule has 2 heterocycles. The molecule has 0 bridgehead atoms. The molecule has 0 unspecified atom stereocenters. The number of carbonyl (C=O) groups excluding carboxylic acids is 2. The molecular formula is C25H19ClF2N2O2S. The standard InChI is InChI=1S/C25H19ClF2N2O2S/c1-15-2-9-22-19(12-15)25(24(32)29(22)14-16-3-8-20(27)21(28)13-16)30(10-11-33-25)23(31)17-4-6-18(26)7-5-17/h2-9,12-13H,10-11,14H2,1H3/t25-/m1/s1. The van der Waals surface area contributed by atoms with Gasteiger partial charge in [0.05, 0.1) is 12.2 Å². The highest BCUT2D eigenvalue weighted by molar-refractivity contribution is 8.01. The number of hydrogen-bond acceptors (Lipinski definition) is 3. The van der Waals surface area contributed by atoms with E-state index in [1.54, 1.807) is 34.1 Å². The van der Waals surface area contributed by atoms with Crippen LogP contribution >= 0.6 is 23.4 Å². The Labute approximate surface area is 199 Å². The summed E-state index contributed by atoms with van der Waals surface area (Å²) in [7, 11) is 0. The van der Waals surface area contributed by atoms with Crippen molar-refractivity contribution in [3.63, 3.8) is 0 Å². The van der Waals surface area contributed by atoms with Crippen molar-refractivity contribution in [1.29, 1.82) is 0 Å². The van der Waals surface area contributed by atoms with Crippen LogP contribution in [0.25, 0.3) is 0 Å². The molecule has 1 saturated heterocycles. The fourth-order valence-corrected chi connectivity index (χ4v) is 6.03. The van der Waals surface area contributed by atoms with Crippen LogP contribution in [0.3, 0.4) is 0 Å². The van der Waals surface area contributed by atoms with Crippen molar-refractivity contribution >= 4 is 40.9 Å². The van der Waals surface area contributed by atoms with Crippen molar-refractivity contribution in [2.75, 3.05) is 17.2 Å². The number of anilines is 1. The lowest BCUT2D eigenvalue weighted by Gasteiger charge is -2.33. The molecule has 0 aromatic heterocycles. The minimum absolute atomic E-state index is 0.0668. The van der Waals surface area contributed by atoms with Crippen LogP contribution in [0, 0.1) is 18.6 Å². The van der Waals surface area contributed by atoms with E-state index in [0.717, 1.165) is 23.3 Å². The van der Waals surface area contributed by atoms with Gasteiger partial charge in [-0.3, -0.25) is 9.59 Å². The number of halogens is 3. The third-order valence-electron chi connectivity index (χ3n) is 6.01. The van der Waals surface area contributed by atoms with E-state index in [1.807, 2.05) is 25.1 Å². The third-order valence-corrected chi connectivity index (χ3v) is 7.68. The first-order valence-electron chi connectivity index (χ1n) is 10.4. The van der Waals surface area contributed by atoms with Gasteiger partial charge in [-0.1, -0.05) is 35.4 Å². The van der Waals surface area contributed by atoms with Crippen LogP contribution in [-0.4, -0.2) is 29.0 Å². The first-order valence-corrected chi connectivity index (χ1v) is 11.8. The minimum Gasteiger partial charge on any atom is -0.311 e. The second-order valence-corrected chi connectivity index (χ2v) is 9.84. The maximum Gasteiger partial charge on any atom is 0.268 e. The molecule has 1 atom stereocenters. The summed E-state index contributed by atoms with van der Waals surface area (Å²) < 4.78 is 27.3. The highest BCUT2D eigenvalue weighted by Crippen LogP contribution is 2.55. The largest absolute Gasteiger partial charge is 0.311 e. The van der Waals surface area contributed by atoms with Gasteiger partial charge in [0.2, 0.25) is 0 Å². The first kappa shape index (κ1) is 21.9. The maximum atomic E-state index is 14.0. The Morgan fingerprint density at radius 2 is 1.82 bits per heavy atom. The van der Waals surface area contributed by atoms with Crippen LogP contribution in [0.2, 0.25) is 5.02 Å². The summed E-state index contributed by atoms with van der Waals surface area (Å²) in [6, 6.07) is 15.9. The molecule has 0 radical (unpaired) electrons. The summed E-state index contributed by atoms with van der Waals surface area (Å²) >= 11 is 7.40. The van der Waals surface area contributed by atoms with Gasteiger partial charge in [0.25, 0.3) is 11.8 Å². The molecule has 3 aromatic carbocycles. The SMILES string of the molecule is Cc1ccc2c(c1)[C@@]1(SCCN1C(=O)c1ccc(Cl)cc1)C(=O)N2Cc1ccc(F)c(F)c1. The molecule has 2 aliphatic heterocycles. The number of carbonyl (C=O) groups is 2. The summed E-state index contributed by atoms with van der Waals surface area (Å²) in [5.41, 5.74) is 3.27. The number of thioether (sulfide) groups is 1. The van der Waals surface area contributed by atoms with Crippen molar-refractivity contribution in [1.82, 2.24) is 4.90 Å². The summed E-state index contributed by atoms with van der Waals surface area (Å²) in [6.45, 7) is 2.41. The topological polar surface area (TPSA) is 40.6 Å². The smallest absolute Gasteiger partial charge is 0.268 e. The second-order valence-electron chi connectivity index (χ2n) is 8.12. The Balaban J connectivity index is 1.59. The van der Waals surface area contributed by atoms with E-state index in [0.29, 0.717) is 34.1 Å². The molecule has 1 fully saturated rings. The van der Waals surface area contributed by atoms with Crippen LogP contribution in [0.1, 0.15) is 27.0 Å². The van der Waals surface area contributed by atoms with Crippen LogP contribution in [0.4, 0.5) is 14.5 Å². The Kier molecular flexibility index (Phi) is 5.41. The van der Waals surface area contributed by atoms with Gasteiger partial charge >= 0.3 is 0 Å². The first-order chi connectivity index (χ1) is 15.8. The molecular weight excluding hydrogens is 466 g/mol. The molecule has 1 spiro atoms. The molecule has 5 rings (SSSR count). The molecule has 2 aliphatic rings. The van der Waals surface area contributed by atoms with Gasteiger partial charge in [-0.05, 0) is 55.0 Å². The lowest BCUT2D eigenvalue weighted by atomic mass is 10.0. The van der Waals surface area contributed by atoms with E-state index < -0.39 is 16.5 Å². The van der Waals surface area contributed by atoms with Crippen LogP contribution in [-0.2, 0) is 16.2 Å². The van der Waals surface area contributed by atoms with Gasteiger partial charge in [0.15, 0.2) is 16.5 Å². The van der Waals surface area contributed by atoms with E-state index in [4.69, 9.17) is 11.6 Å². The molecule has 168 valence electrons. The van der Waals surface area contributed by atoms with Gasteiger partial charge in [0, 0.05) is 28.4 Å². The summed E-state index contributed by atoms with van der Waals surface area (Å²) in [5.74, 6) is -1.83. The fraction of sp³-hybridized carbons (Fsp3) is 0.200. The lowest BCUT2D eigenvalue weighted by Crippen LogP contribution is -2.50. The second kappa shape index (κ2) is 8.15. The molecule has 4 nitrogen and oxygen atoms in total. The van der Waals surface area contributed by atoms with Crippen molar-refractivity contribution in [3.8, 4) is 0 Å². The Morgan fingerprint density at radius 3 is 2.55 bits per heavy atom. The molecule has 0 saturated carbocycles. The predicted octanol–water partition coefficient (Wildman–Crippen LogP) is 5.52. The number of fused-ring (bicyclic) bond motifs is 2. The zero-order valence-electron chi connectivity index (χ0n) is 17.6. The number of aryl methyl sites for hydroxylation is 1. The monoisotopic (exact) mass is 484 g/mol. The van der Waals surface area contributed by atoms with Crippen LogP contribution in [0.15, 0.2) is 60.7 Å². The van der Waals surface area contributed by atoms with E-state index in [2.05, 4.69) is 0 Å². The third kappa shape index (κ3) is 3.50. The van der Waals surface area contributed by atoms with Crippen molar-refractivity contribution < 1.29 is 18.4 Å². The van der Waals surface area contributed by atoms with Gasteiger partial charge in [0.1, 0.15) is 0 Å². The zero-order chi connectivity index (χ0) is 23.3. The Bertz CT molecular complexity index is 1280. The summed E-state index contributed by atoms with van der Waals surface area (Å²) in [6.07, 6.45) is 0. The highest BCUT2D eigenvalue weighted by atomic mass is 35.5. The number of hydrogen-bond donors (Lipinski definition) is 0. The van der Waals surface area contributed by atoms with Crippen LogP contribution in [0.5, 0.6) is 0 Å². The normalized spacial score (nSPS) is 19.5. The zero-order valence-corrected chi connectivity index (χ0v) is 19.2. The predicted molar refractivity (Wildman–Crippen MR) is 125 cm³/mol. The molecule has 0 aliphatic carbocycles. The van der Waals surface area contributed by atoms with Crippen molar-refractivity contribution in [3.05, 3.63) is 99.6 Å². The molecule has 3 aromatic rings. The molecule has 8 heteroatoms. The number of amides is 2. The summed E-state index contributed by atoms with van der Waals surface area (Å²) in [4.78, 5) is 29.5. The Hall–Kier alpha value is -2.90. The quantitative estimate of drug-likeness (QED) is 0.492. The number of rotatable bonds is 3. The van der Waals surface area contributed by atoms with Crippen molar-refractivity contribution in [2.45, 2.75) is 18.3 Å². The summed E-state index contributed by atoms with van der Waals surface area (Å²) in [5, 5.41) is 0.521. The molecule has 0 N–H and O–H groups in total. The average Bonchev–Trinajstić information content (AvgIpc) is 3.33. The number of benzene rings is 3. The number of nitrogens with zero attached hydrogens (tertiary/aromatic N) is 2. The van der Waals surface area contributed by atoms with E-state index in [-0.39, 0.29) is 18.4 Å². The van der Waals surface area contributed by atoms with Gasteiger partial charge < -0.3 is 9.80 Å². The lowest BCUT2D eigenvalue weighted by molar-refractivity contribution is -0.123. The highest BCUT2D eigenvalue weighted by Gasteiger charge is 2.59. The van der Waals surface area contributed by atoms with Gasteiger partial charge in [-0.25, -0.2) is 8.78 Å². The van der Waals surface area contributed by atoms with Gasteiger partial charge in [-0.15, -0.1) is 11.8 Å².